The number of amides is 1. The van der Waals surface area contributed by atoms with E-state index in [0.29, 0.717) is 15.7 Å². The summed E-state index contributed by atoms with van der Waals surface area (Å²) in [5, 5.41) is 36.5. The Balaban J connectivity index is 0. The molecule has 0 aliphatic heterocycles. The molecule has 0 aliphatic rings. The van der Waals surface area contributed by atoms with Crippen LogP contribution in [0.4, 0.5) is 5.69 Å². The minimum atomic E-state index is -1.82. The van der Waals surface area contributed by atoms with E-state index < -0.39 is 23.9 Å². The fourth-order valence-corrected chi connectivity index (χ4v) is 2.00. The number of nitrogens with one attached hydrogen (secondary N) is 2. The average molecular weight is 484 g/mol. The zero-order valence-corrected chi connectivity index (χ0v) is 18.3. The first kappa shape index (κ1) is 30.3. The van der Waals surface area contributed by atoms with E-state index in [0.717, 1.165) is 13.1 Å². The first-order valence-electron chi connectivity index (χ1n) is 8.24. The maximum atomic E-state index is 11.9. The van der Waals surface area contributed by atoms with Crippen LogP contribution in [0.3, 0.4) is 0 Å². The van der Waals surface area contributed by atoms with Gasteiger partial charge in [0.2, 0.25) is 5.91 Å². The number of rotatable bonds is 6. The van der Waals surface area contributed by atoms with Crippen molar-refractivity contribution in [3.63, 3.8) is 0 Å². The molecular weight excluding hydrogens is 461 g/mol. The molecule has 0 saturated carbocycles. The lowest BCUT2D eigenvalue weighted by Gasteiger charge is -2.16. The smallest absolute Gasteiger partial charge is 0.414 e. The molecule has 174 valence electrons. The molecule has 0 saturated heterocycles. The number of carbonyl (C=O) groups excluding carboxylic acids is 1. The van der Waals surface area contributed by atoms with E-state index in [1.54, 1.807) is 18.2 Å². The zero-order valence-electron chi connectivity index (χ0n) is 16.8. The lowest BCUT2D eigenvalue weighted by atomic mass is 10.2. The van der Waals surface area contributed by atoms with Crippen molar-refractivity contribution in [2.75, 3.05) is 32.5 Å². The number of hydrogen-bond donors (Lipinski definition) is 6. The number of anilines is 1. The van der Waals surface area contributed by atoms with Gasteiger partial charge >= 0.3 is 23.9 Å². The Bertz CT molecular complexity index is 720. The SMILES string of the molecule is CC(NCCN(C)C)C(=O)Nc1cc(Cl)cc(Cl)c1.O=C(O)C(=O)O.O=C(O)C(=O)O. The lowest BCUT2D eigenvalue weighted by molar-refractivity contribution is -0.159. The van der Waals surface area contributed by atoms with Crippen LogP contribution in [0.25, 0.3) is 0 Å². The van der Waals surface area contributed by atoms with E-state index >= 15 is 0 Å². The summed E-state index contributed by atoms with van der Waals surface area (Å²) in [6.07, 6.45) is 0. The third kappa shape index (κ3) is 17.6. The molecule has 31 heavy (non-hydrogen) atoms. The fourth-order valence-electron chi connectivity index (χ4n) is 1.47. The lowest BCUT2D eigenvalue weighted by Crippen LogP contribution is -2.41. The van der Waals surface area contributed by atoms with E-state index in [2.05, 4.69) is 10.6 Å². The molecule has 1 aromatic rings. The summed E-state index contributed by atoms with van der Waals surface area (Å²) in [5.41, 5.74) is 0.601. The van der Waals surface area contributed by atoms with Crippen molar-refractivity contribution in [3.8, 4) is 0 Å². The van der Waals surface area contributed by atoms with Gasteiger partial charge in [-0.2, -0.15) is 0 Å². The Morgan fingerprint density at radius 1 is 0.871 bits per heavy atom. The van der Waals surface area contributed by atoms with Gasteiger partial charge in [0.15, 0.2) is 0 Å². The second-order valence-electron chi connectivity index (χ2n) is 5.85. The molecule has 1 aromatic carbocycles. The average Bonchev–Trinajstić information content (AvgIpc) is 2.61. The van der Waals surface area contributed by atoms with E-state index in [1.807, 2.05) is 25.9 Å². The molecule has 1 atom stereocenters. The van der Waals surface area contributed by atoms with Crippen LogP contribution >= 0.6 is 23.2 Å². The van der Waals surface area contributed by atoms with Gasteiger partial charge in [-0.25, -0.2) is 19.2 Å². The fraction of sp³-hybridized carbons (Fsp3) is 0.353. The van der Waals surface area contributed by atoms with Crippen molar-refractivity contribution < 1.29 is 44.4 Å². The number of carbonyl (C=O) groups is 5. The highest BCUT2D eigenvalue weighted by Gasteiger charge is 2.12. The van der Waals surface area contributed by atoms with Crippen molar-refractivity contribution in [1.82, 2.24) is 10.2 Å². The molecule has 0 radical (unpaired) electrons. The van der Waals surface area contributed by atoms with Gasteiger partial charge in [-0.05, 0) is 39.2 Å². The van der Waals surface area contributed by atoms with Crippen molar-refractivity contribution >= 4 is 58.7 Å². The van der Waals surface area contributed by atoms with Gasteiger partial charge in [-0.15, -0.1) is 0 Å². The predicted octanol–water partition coefficient (Wildman–Crippen LogP) is 0.783. The maximum absolute atomic E-state index is 11.9. The number of nitrogens with zero attached hydrogens (tertiary/aromatic N) is 1. The van der Waals surface area contributed by atoms with Gasteiger partial charge in [0, 0.05) is 28.8 Å². The van der Waals surface area contributed by atoms with Crippen LogP contribution in [-0.4, -0.2) is 88.3 Å². The van der Waals surface area contributed by atoms with Crippen molar-refractivity contribution in [2.45, 2.75) is 13.0 Å². The Hall–Kier alpha value is -2.93. The summed E-state index contributed by atoms with van der Waals surface area (Å²) >= 11 is 11.7. The van der Waals surface area contributed by atoms with Gasteiger partial charge in [0.1, 0.15) is 0 Å². The quantitative estimate of drug-likeness (QED) is 0.313. The topological polar surface area (TPSA) is 194 Å². The molecule has 0 aromatic heterocycles. The monoisotopic (exact) mass is 483 g/mol. The number of likely N-dealkylation sites (N-methyl/N-ethyl adjacent to an activating group) is 1. The van der Waals surface area contributed by atoms with Gasteiger partial charge in [-0.3, -0.25) is 4.79 Å². The number of halogens is 2. The minimum absolute atomic E-state index is 0.114. The summed E-state index contributed by atoms with van der Waals surface area (Å²) in [6, 6.07) is 4.67. The summed E-state index contributed by atoms with van der Waals surface area (Å²) in [7, 11) is 3.97. The Morgan fingerprint density at radius 3 is 1.58 bits per heavy atom. The first-order chi connectivity index (χ1) is 14.2. The first-order valence-corrected chi connectivity index (χ1v) is 9.00. The third-order valence-corrected chi connectivity index (χ3v) is 3.34. The Kier molecular flexibility index (Phi) is 15.5. The van der Waals surface area contributed by atoms with Crippen LogP contribution in [0.2, 0.25) is 10.0 Å². The normalized spacial score (nSPS) is 10.5. The van der Waals surface area contributed by atoms with Crippen LogP contribution < -0.4 is 10.6 Å². The predicted molar refractivity (Wildman–Crippen MR) is 112 cm³/mol. The molecule has 0 heterocycles. The maximum Gasteiger partial charge on any atom is 0.414 e. The summed E-state index contributed by atoms with van der Waals surface area (Å²) in [5.74, 6) is -7.41. The number of hydrogen-bond acceptors (Lipinski definition) is 7. The molecule has 6 N–H and O–H groups in total. The van der Waals surface area contributed by atoms with Crippen LogP contribution in [-0.2, 0) is 24.0 Å². The largest absolute Gasteiger partial charge is 0.473 e. The van der Waals surface area contributed by atoms with Gasteiger partial charge < -0.3 is 36.0 Å². The number of benzene rings is 1. The molecule has 1 amide bonds. The molecule has 1 rings (SSSR count). The number of carboxylic acids is 4. The standard InChI is InChI=1S/C13H19Cl2N3O.2C2H2O4/c1-9(16-4-5-18(2)3)13(19)17-12-7-10(14)6-11(15)8-12;2*3-1(4)2(5)6/h6-9,16H,4-5H2,1-3H3,(H,17,19);2*(H,3,4)(H,5,6). The van der Waals surface area contributed by atoms with E-state index in [9.17, 15) is 4.79 Å². The molecule has 1 unspecified atom stereocenters. The Morgan fingerprint density at radius 2 is 1.26 bits per heavy atom. The summed E-state index contributed by atoms with van der Waals surface area (Å²) in [6.45, 7) is 3.44. The molecule has 0 aliphatic carbocycles. The molecule has 0 fully saturated rings. The second kappa shape index (κ2) is 15.8. The van der Waals surface area contributed by atoms with Crippen LogP contribution in [0.15, 0.2) is 18.2 Å². The highest BCUT2D eigenvalue weighted by Crippen LogP contribution is 2.22. The number of aliphatic carboxylic acids is 4. The van der Waals surface area contributed by atoms with Gasteiger partial charge in [0.25, 0.3) is 0 Å². The molecular formula is C17H23Cl2N3O9. The second-order valence-corrected chi connectivity index (χ2v) is 6.72. The van der Waals surface area contributed by atoms with Crippen LogP contribution in [0.5, 0.6) is 0 Å². The van der Waals surface area contributed by atoms with Crippen molar-refractivity contribution in [2.24, 2.45) is 0 Å². The summed E-state index contributed by atoms with van der Waals surface area (Å²) in [4.78, 5) is 50.4. The molecule has 0 spiro atoms. The van der Waals surface area contributed by atoms with Crippen molar-refractivity contribution in [1.29, 1.82) is 0 Å². The van der Waals surface area contributed by atoms with Crippen LogP contribution in [0.1, 0.15) is 6.92 Å². The van der Waals surface area contributed by atoms with Gasteiger partial charge in [0.05, 0.1) is 6.04 Å². The molecule has 14 heteroatoms. The van der Waals surface area contributed by atoms with E-state index in [-0.39, 0.29) is 11.9 Å². The zero-order chi connectivity index (χ0) is 24.7. The third-order valence-electron chi connectivity index (χ3n) is 2.90. The van der Waals surface area contributed by atoms with E-state index in [4.69, 9.17) is 62.8 Å². The highest BCUT2D eigenvalue weighted by molar-refractivity contribution is 6.35. The Labute approximate surface area is 187 Å². The van der Waals surface area contributed by atoms with Crippen LogP contribution in [0, 0.1) is 0 Å². The highest BCUT2D eigenvalue weighted by atomic mass is 35.5. The van der Waals surface area contributed by atoms with Gasteiger partial charge in [-0.1, -0.05) is 23.2 Å². The summed E-state index contributed by atoms with van der Waals surface area (Å²) < 4.78 is 0. The number of carboxylic acid groups (broad SMARTS) is 4. The molecule has 12 nitrogen and oxygen atoms in total. The van der Waals surface area contributed by atoms with Crippen molar-refractivity contribution in [3.05, 3.63) is 28.2 Å². The minimum Gasteiger partial charge on any atom is -0.473 e. The van der Waals surface area contributed by atoms with E-state index in [1.165, 1.54) is 0 Å². The molecule has 0 bridgehead atoms.